The van der Waals surface area contributed by atoms with E-state index in [9.17, 15) is 4.39 Å². The predicted octanol–water partition coefficient (Wildman–Crippen LogP) is 2.56. The molecule has 2 aliphatic heterocycles. The fourth-order valence-corrected chi connectivity index (χ4v) is 5.10. The summed E-state index contributed by atoms with van der Waals surface area (Å²) in [4.78, 5) is 24.7. The van der Waals surface area contributed by atoms with Crippen LogP contribution >= 0.6 is 0 Å². The summed E-state index contributed by atoms with van der Waals surface area (Å²) >= 11 is 0. The molecule has 1 aliphatic carbocycles. The van der Waals surface area contributed by atoms with E-state index in [0.717, 1.165) is 70.7 Å². The van der Waals surface area contributed by atoms with E-state index >= 15 is 0 Å². The molecule has 0 aromatic carbocycles. The van der Waals surface area contributed by atoms with Crippen molar-refractivity contribution < 1.29 is 4.39 Å². The van der Waals surface area contributed by atoms with Gasteiger partial charge in [-0.2, -0.15) is 4.98 Å². The highest BCUT2D eigenvalue weighted by Gasteiger charge is 2.44. The van der Waals surface area contributed by atoms with Crippen LogP contribution in [-0.4, -0.2) is 60.2 Å². The molecule has 0 amide bonds. The van der Waals surface area contributed by atoms with E-state index in [1.807, 2.05) is 30.1 Å². The van der Waals surface area contributed by atoms with Crippen LogP contribution in [-0.2, 0) is 11.8 Å². The normalized spacial score (nSPS) is 23.7. The van der Waals surface area contributed by atoms with Gasteiger partial charge in [0, 0.05) is 51.9 Å². The predicted molar refractivity (Wildman–Crippen MR) is 111 cm³/mol. The molecular weight excluding hydrogens is 369 g/mol. The van der Waals surface area contributed by atoms with Crippen LogP contribution in [0.1, 0.15) is 43.4 Å². The summed E-state index contributed by atoms with van der Waals surface area (Å²) in [7, 11) is 3.95. The average Bonchev–Trinajstić information content (AvgIpc) is 3.37. The highest BCUT2D eigenvalue weighted by molar-refractivity contribution is 5.48. The summed E-state index contributed by atoms with van der Waals surface area (Å²) in [5, 5.41) is 0. The molecule has 2 aromatic heterocycles. The molecule has 4 heterocycles. The number of anilines is 3. The first kappa shape index (κ1) is 18.5. The zero-order chi connectivity index (χ0) is 20.0. The fraction of sp³-hybridized carbons (Fsp3) is 0.619. The highest BCUT2D eigenvalue weighted by atomic mass is 19.1. The summed E-state index contributed by atoms with van der Waals surface area (Å²) < 4.78 is 14.4. The third-order valence-corrected chi connectivity index (χ3v) is 6.61. The van der Waals surface area contributed by atoms with Gasteiger partial charge in [0.05, 0.1) is 11.9 Å². The second-order valence-electron chi connectivity index (χ2n) is 8.78. The third-order valence-electron chi connectivity index (χ3n) is 6.61. The second kappa shape index (κ2) is 7.07. The van der Waals surface area contributed by atoms with Gasteiger partial charge in [0.15, 0.2) is 11.6 Å². The Kier molecular flexibility index (Phi) is 4.52. The summed E-state index contributed by atoms with van der Waals surface area (Å²) in [5.74, 6) is 1.53. The Bertz CT molecular complexity index is 908. The Morgan fingerprint density at radius 2 is 1.76 bits per heavy atom. The summed E-state index contributed by atoms with van der Waals surface area (Å²) in [6, 6.07) is 0. The van der Waals surface area contributed by atoms with Crippen molar-refractivity contribution in [1.29, 1.82) is 0 Å². The lowest BCUT2D eigenvalue weighted by Gasteiger charge is -2.40. The lowest BCUT2D eigenvalue weighted by molar-refractivity contribution is 0.332. The first-order chi connectivity index (χ1) is 14.1. The molecule has 1 atom stereocenters. The quantitative estimate of drug-likeness (QED) is 0.789. The third kappa shape index (κ3) is 3.18. The van der Waals surface area contributed by atoms with Gasteiger partial charge in [-0.05, 0) is 44.1 Å². The van der Waals surface area contributed by atoms with Crippen molar-refractivity contribution in [2.45, 2.75) is 43.9 Å². The molecule has 1 spiro atoms. The standard InChI is InChI=1S/C21H28FN7/c1-27(2)19-23-12-15-6-8-21(17(15)25-19)7-5-11-29(14-21)20-24-13-16(22)18(26-20)28-9-3-4-10-28/h12-13H,3-11,14H2,1-2H3. The van der Waals surface area contributed by atoms with Gasteiger partial charge in [-0.1, -0.05) is 0 Å². The Morgan fingerprint density at radius 3 is 2.55 bits per heavy atom. The van der Waals surface area contributed by atoms with Gasteiger partial charge in [0.1, 0.15) is 0 Å². The van der Waals surface area contributed by atoms with Crippen LogP contribution in [0.25, 0.3) is 0 Å². The maximum atomic E-state index is 14.4. The average molecular weight is 398 g/mol. The van der Waals surface area contributed by atoms with Gasteiger partial charge in [0.25, 0.3) is 0 Å². The molecule has 0 saturated carbocycles. The van der Waals surface area contributed by atoms with Crippen molar-refractivity contribution in [2.75, 3.05) is 55.0 Å². The smallest absolute Gasteiger partial charge is 0.227 e. The van der Waals surface area contributed by atoms with Gasteiger partial charge in [-0.15, -0.1) is 0 Å². The number of rotatable bonds is 3. The van der Waals surface area contributed by atoms with Crippen molar-refractivity contribution in [2.24, 2.45) is 0 Å². The van der Waals surface area contributed by atoms with E-state index in [1.165, 1.54) is 17.5 Å². The van der Waals surface area contributed by atoms with E-state index in [2.05, 4.69) is 19.9 Å². The Hall–Kier alpha value is -2.51. The van der Waals surface area contributed by atoms with Crippen LogP contribution in [0, 0.1) is 5.82 Å². The van der Waals surface area contributed by atoms with Crippen LogP contribution in [0.15, 0.2) is 12.4 Å². The number of halogens is 1. The first-order valence-corrected chi connectivity index (χ1v) is 10.6. The Labute approximate surface area is 171 Å². The summed E-state index contributed by atoms with van der Waals surface area (Å²) in [6.07, 6.45) is 9.77. The second-order valence-corrected chi connectivity index (χ2v) is 8.78. The molecule has 7 nitrogen and oxygen atoms in total. The minimum absolute atomic E-state index is 0.00678. The van der Waals surface area contributed by atoms with Gasteiger partial charge < -0.3 is 14.7 Å². The largest absolute Gasteiger partial charge is 0.354 e. The van der Waals surface area contributed by atoms with Crippen LogP contribution in [0.5, 0.6) is 0 Å². The number of hydrogen-bond acceptors (Lipinski definition) is 7. The van der Waals surface area contributed by atoms with Gasteiger partial charge in [0.2, 0.25) is 11.9 Å². The molecule has 0 N–H and O–H groups in total. The van der Waals surface area contributed by atoms with E-state index < -0.39 is 0 Å². The molecule has 0 radical (unpaired) electrons. The van der Waals surface area contributed by atoms with Crippen LogP contribution < -0.4 is 14.7 Å². The van der Waals surface area contributed by atoms with Gasteiger partial charge in [-0.25, -0.2) is 19.3 Å². The molecule has 154 valence electrons. The Morgan fingerprint density at radius 1 is 0.966 bits per heavy atom. The van der Waals surface area contributed by atoms with Crippen LogP contribution in [0.4, 0.5) is 22.1 Å². The number of piperidine rings is 1. The number of aromatic nitrogens is 4. The van der Waals surface area contributed by atoms with Crippen molar-refractivity contribution in [3.05, 3.63) is 29.5 Å². The number of aryl methyl sites for hydroxylation is 1. The van der Waals surface area contributed by atoms with Crippen molar-refractivity contribution >= 4 is 17.7 Å². The minimum Gasteiger partial charge on any atom is -0.354 e. The monoisotopic (exact) mass is 397 g/mol. The lowest BCUT2D eigenvalue weighted by Crippen LogP contribution is -2.46. The molecule has 1 unspecified atom stereocenters. The zero-order valence-corrected chi connectivity index (χ0v) is 17.2. The van der Waals surface area contributed by atoms with Gasteiger partial charge >= 0.3 is 0 Å². The van der Waals surface area contributed by atoms with Crippen molar-refractivity contribution in [3.63, 3.8) is 0 Å². The van der Waals surface area contributed by atoms with E-state index in [1.54, 1.807) is 0 Å². The van der Waals surface area contributed by atoms with Crippen molar-refractivity contribution in [3.8, 4) is 0 Å². The van der Waals surface area contributed by atoms with E-state index in [-0.39, 0.29) is 11.2 Å². The fourth-order valence-electron chi connectivity index (χ4n) is 5.10. The SMILES string of the molecule is CN(C)c1ncc2c(n1)C1(CCCN(c3ncc(F)c(N4CCCC4)n3)C1)CC2. The minimum atomic E-state index is -0.322. The molecule has 5 rings (SSSR count). The van der Waals surface area contributed by atoms with E-state index in [0.29, 0.717) is 11.8 Å². The molecular formula is C21H28FN7. The molecule has 0 bridgehead atoms. The molecule has 2 aromatic rings. The number of nitrogens with zero attached hydrogens (tertiary/aromatic N) is 7. The molecule has 2 saturated heterocycles. The van der Waals surface area contributed by atoms with Crippen LogP contribution in [0.2, 0.25) is 0 Å². The number of fused-ring (bicyclic) bond motifs is 2. The maximum Gasteiger partial charge on any atom is 0.227 e. The summed E-state index contributed by atoms with van der Waals surface area (Å²) in [5.41, 5.74) is 2.45. The molecule has 29 heavy (non-hydrogen) atoms. The van der Waals surface area contributed by atoms with Crippen LogP contribution in [0.3, 0.4) is 0 Å². The number of hydrogen-bond donors (Lipinski definition) is 0. The van der Waals surface area contributed by atoms with Gasteiger partial charge in [-0.3, -0.25) is 0 Å². The first-order valence-electron chi connectivity index (χ1n) is 10.6. The zero-order valence-electron chi connectivity index (χ0n) is 17.2. The highest BCUT2D eigenvalue weighted by Crippen LogP contribution is 2.44. The molecule has 3 aliphatic rings. The molecule has 8 heteroatoms. The Balaban J connectivity index is 1.46. The summed E-state index contributed by atoms with van der Waals surface area (Å²) in [6.45, 7) is 3.46. The topological polar surface area (TPSA) is 61.3 Å². The van der Waals surface area contributed by atoms with E-state index in [4.69, 9.17) is 4.98 Å². The lowest BCUT2D eigenvalue weighted by atomic mass is 9.77. The molecule has 2 fully saturated rings. The maximum absolute atomic E-state index is 14.4. The van der Waals surface area contributed by atoms with Crippen molar-refractivity contribution in [1.82, 2.24) is 19.9 Å².